The lowest BCUT2D eigenvalue weighted by Crippen LogP contribution is -2.00. The van der Waals surface area contributed by atoms with Crippen molar-refractivity contribution in [2.75, 3.05) is 5.73 Å². The van der Waals surface area contributed by atoms with Crippen molar-refractivity contribution in [2.45, 2.75) is 0 Å². The standard InChI is InChI=1S/C12H8F2N4O/c13-7-1-2-9(8(14)5-7)19-12-11-16-3-4-18(11)6-10(15)17-12/h1-6H,15H2. The van der Waals surface area contributed by atoms with Crippen LogP contribution in [0.1, 0.15) is 0 Å². The Labute approximate surface area is 106 Å². The van der Waals surface area contributed by atoms with E-state index in [9.17, 15) is 8.78 Å². The summed E-state index contributed by atoms with van der Waals surface area (Å²) in [6, 6.07) is 2.99. The Kier molecular flexibility index (Phi) is 2.52. The van der Waals surface area contributed by atoms with Gasteiger partial charge in [0.1, 0.15) is 11.6 Å². The van der Waals surface area contributed by atoms with E-state index in [1.54, 1.807) is 16.8 Å². The van der Waals surface area contributed by atoms with Gasteiger partial charge in [0.25, 0.3) is 5.88 Å². The summed E-state index contributed by atoms with van der Waals surface area (Å²) < 4.78 is 33.2. The van der Waals surface area contributed by atoms with E-state index in [2.05, 4.69) is 9.97 Å². The van der Waals surface area contributed by atoms with E-state index in [1.807, 2.05) is 0 Å². The molecule has 0 atom stereocenters. The van der Waals surface area contributed by atoms with Crippen molar-refractivity contribution in [2.24, 2.45) is 0 Å². The van der Waals surface area contributed by atoms with Gasteiger partial charge in [-0.25, -0.2) is 13.8 Å². The molecule has 0 aliphatic heterocycles. The molecule has 0 amide bonds. The Bertz CT molecular complexity index is 757. The maximum Gasteiger partial charge on any atom is 0.265 e. The fraction of sp³-hybridized carbons (Fsp3) is 0. The maximum atomic E-state index is 13.5. The zero-order chi connectivity index (χ0) is 13.4. The Morgan fingerprint density at radius 3 is 2.89 bits per heavy atom. The molecule has 2 aromatic heterocycles. The minimum absolute atomic E-state index is 0.0514. The fourth-order valence-electron chi connectivity index (χ4n) is 1.65. The van der Waals surface area contributed by atoms with Crippen molar-refractivity contribution < 1.29 is 13.5 Å². The number of nitrogens with zero attached hydrogens (tertiary/aromatic N) is 3. The lowest BCUT2D eigenvalue weighted by Gasteiger charge is -2.07. The van der Waals surface area contributed by atoms with Crippen LogP contribution >= 0.6 is 0 Å². The van der Waals surface area contributed by atoms with Crippen molar-refractivity contribution in [1.82, 2.24) is 14.4 Å². The van der Waals surface area contributed by atoms with E-state index in [4.69, 9.17) is 10.5 Å². The minimum atomic E-state index is -0.825. The van der Waals surface area contributed by atoms with Gasteiger partial charge in [-0.05, 0) is 12.1 Å². The second-order valence-electron chi connectivity index (χ2n) is 3.81. The van der Waals surface area contributed by atoms with Crippen LogP contribution < -0.4 is 10.5 Å². The molecule has 0 saturated carbocycles. The number of anilines is 1. The van der Waals surface area contributed by atoms with Gasteiger partial charge in [-0.15, -0.1) is 0 Å². The lowest BCUT2D eigenvalue weighted by molar-refractivity contribution is 0.426. The fourth-order valence-corrected chi connectivity index (χ4v) is 1.65. The molecule has 0 saturated heterocycles. The van der Waals surface area contributed by atoms with Gasteiger partial charge in [0, 0.05) is 18.5 Å². The molecule has 19 heavy (non-hydrogen) atoms. The Morgan fingerprint density at radius 1 is 1.26 bits per heavy atom. The van der Waals surface area contributed by atoms with E-state index in [0.717, 1.165) is 12.1 Å². The van der Waals surface area contributed by atoms with Gasteiger partial charge in [0.2, 0.25) is 5.65 Å². The summed E-state index contributed by atoms with van der Waals surface area (Å²) in [7, 11) is 0. The normalized spacial score (nSPS) is 10.8. The summed E-state index contributed by atoms with van der Waals surface area (Å²) in [6.45, 7) is 0. The monoisotopic (exact) mass is 262 g/mol. The predicted octanol–water partition coefficient (Wildman–Crippen LogP) is 2.38. The van der Waals surface area contributed by atoms with Gasteiger partial charge >= 0.3 is 0 Å². The van der Waals surface area contributed by atoms with E-state index in [0.29, 0.717) is 5.65 Å². The van der Waals surface area contributed by atoms with Gasteiger partial charge in [-0.2, -0.15) is 4.98 Å². The second kappa shape index (κ2) is 4.20. The molecule has 0 spiro atoms. The SMILES string of the molecule is Nc1cn2ccnc2c(Oc2ccc(F)cc2F)n1. The maximum absolute atomic E-state index is 13.5. The van der Waals surface area contributed by atoms with Crippen LogP contribution in [-0.2, 0) is 0 Å². The van der Waals surface area contributed by atoms with E-state index in [-0.39, 0.29) is 17.4 Å². The third-order valence-corrected chi connectivity index (χ3v) is 2.46. The molecular formula is C12H8F2N4O. The van der Waals surface area contributed by atoms with E-state index in [1.165, 1.54) is 12.3 Å². The number of ether oxygens (including phenoxy) is 1. The molecule has 0 radical (unpaired) electrons. The van der Waals surface area contributed by atoms with Crippen LogP contribution in [0.15, 0.2) is 36.8 Å². The number of hydrogen-bond acceptors (Lipinski definition) is 4. The molecule has 3 rings (SSSR count). The highest BCUT2D eigenvalue weighted by Gasteiger charge is 2.12. The van der Waals surface area contributed by atoms with Gasteiger partial charge < -0.3 is 10.5 Å². The smallest absolute Gasteiger partial charge is 0.265 e. The quantitative estimate of drug-likeness (QED) is 0.770. The van der Waals surface area contributed by atoms with Crippen LogP contribution in [0.3, 0.4) is 0 Å². The number of fused-ring (bicyclic) bond motifs is 1. The van der Waals surface area contributed by atoms with Crippen LogP contribution in [0, 0.1) is 11.6 Å². The third kappa shape index (κ3) is 2.05. The summed E-state index contributed by atoms with van der Waals surface area (Å²) in [4.78, 5) is 7.97. The highest BCUT2D eigenvalue weighted by molar-refractivity contribution is 5.54. The topological polar surface area (TPSA) is 65.4 Å². The number of imidazole rings is 1. The zero-order valence-electron chi connectivity index (χ0n) is 9.55. The van der Waals surface area contributed by atoms with Crippen LogP contribution in [0.2, 0.25) is 0 Å². The first-order chi connectivity index (χ1) is 9.13. The van der Waals surface area contributed by atoms with Crippen LogP contribution in [-0.4, -0.2) is 14.4 Å². The molecule has 96 valence electrons. The van der Waals surface area contributed by atoms with Gasteiger partial charge in [0.15, 0.2) is 11.6 Å². The molecule has 0 bridgehead atoms. The van der Waals surface area contributed by atoms with Gasteiger partial charge in [-0.3, -0.25) is 4.40 Å². The number of nitrogens with two attached hydrogens (primary N) is 1. The summed E-state index contributed by atoms with van der Waals surface area (Å²) in [5.41, 5.74) is 5.99. The second-order valence-corrected chi connectivity index (χ2v) is 3.81. The van der Waals surface area contributed by atoms with Gasteiger partial charge in [-0.1, -0.05) is 0 Å². The summed E-state index contributed by atoms with van der Waals surface area (Å²) >= 11 is 0. The Hall–Kier alpha value is -2.70. The first-order valence-corrected chi connectivity index (χ1v) is 5.35. The lowest BCUT2D eigenvalue weighted by atomic mass is 10.3. The molecule has 3 aromatic rings. The molecule has 0 aliphatic rings. The van der Waals surface area contributed by atoms with Crippen LogP contribution in [0.5, 0.6) is 11.6 Å². The average molecular weight is 262 g/mol. The van der Waals surface area contributed by atoms with Crippen molar-refractivity contribution >= 4 is 11.5 Å². The molecule has 7 heteroatoms. The average Bonchev–Trinajstić information content (AvgIpc) is 2.80. The molecule has 0 unspecified atom stereocenters. The Morgan fingerprint density at radius 2 is 2.11 bits per heavy atom. The van der Waals surface area contributed by atoms with Crippen molar-refractivity contribution in [1.29, 1.82) is 0 Å². The highest BCUT2D eigenvalue weighted by Crippen LogP contribution is 2.26. The Balaban J connectivity index is 2.07. The molecule has 0 fully saturated rings. The summed E-state index contributed by atoms with van der Waals surface area (Å²) in [6.07, 6.45) is 4.74. The van der Waals surface area contributed by atoms with Crippen LogP contribution in [0.25, 0.3) is 5.65 Å². The van der Waals surface area contributed by atoms with Crippen molar-refractivity contribution in [3.8, 4) is 11.6 Å². The summed E-state index contributed by atoms with van der Waals surface area (Å²) in [5.74, 6) is -1.41. The van der Waals surface area contributed by atoms with E-state index < -0.39 is 11.6 Å². The van der Waals surface area contributed by atoms with Crippen LogP contribution in [0.4, 0.5) is 14.6 Å². The first-order valence-electron chi connectivity index (χ1n) is 5.35. The van der Waals surface area contributed by atoms with Crippen molar-refractivity contribution in [3.05, 3.63) is 48.4 Å². The minimum Gasteiger partial charge on any atom is -0.433 e. The van der Waals surface area contributed by atoms with E-state index >= 15 is 0 Å². The highest BCUT2D eigenvalue weighted by atomic mass is 19.1. The number of hydrogen-bond donors (Lipinski definition) is 1. The molecule has 2 N–H and O–H groups in total. The predicted molar refractivity (Wildman–Crippen MR) is 63.8 cm³/mol. The van der Waals surface area contributed by atoms with Gasteiger partial charge in [0.05, 0.1) is 6.20 Å². The molecule has 2 heterocycles. The molecule has 5 nitrogen and oxygen atoms in total. The number of halogens is 2. The molecular weight excluding hydrogens is 254 g/mol. The number of rotatable bonds is 2. The third-order valence-electron chi connectivity index (χ3n) is 2.46. The molecule has 0 aliphatic carbocycles. The zero-order valence-corrected chi connectivity index (χ0v) is 9.55. The summed E-state index contributed by atoms with van der Waals surface area (Å²) in [5, 5.41) is 0. The number of benzene rings is 1. The first kappa shape index (κ1) is 11.4. The largest absolute Gasteiger partial charge is 0.433 e. The molecule has 1 aromatic carbocycles. The number of aromatic nitrogens is 3. The number of nitrogen functional groups attached to an aromatic ring is 1. The van der Waals surface area contributed by atoms with Crippen molar-refractivity contribution in [3.63, 3.8) is 0 Å².